The topological polar surface area (TPSA) is 21.3 Å². The summed E-state index contributed by atoms with van der Waals surface area (Å²) in [5, 5.41) is 4.69. The van der Waals surface area contributed by atoms with E-state index in [0.29, 0.717) is 0 Å². The predicted octanol–water partition coefficient (Wildman–Crippen LogP) is 18.5. The van der Waals surface area contributed by atoms with E-state index < -0.39 is 5.41 Å². The number of fused-ring (bicyclic) bond motifs is 9. The van der Waals surface area contributed by atoms with Crippen LogP contribution >= 0.6 is 0 Å². The number of anilines is 3. The average molecular weight is 905 g/mol. The highest BCUT2D eigenvalue weighted by molar-refractivity contribution is 6.23. The third-order valence-electron chi connectivity index (χ3n) is 15.5. The highest BCUT2D eigenvalue weighted by Crippen LogP contribution is 2.61. The smallest absolute Gasteiger partial charge is 0.135 e. The molecule has 332 valence electrons. The fourth-order valence-corrected chi connectivity index (χ4v) is 12.3. The third kappa shape index (κ3) is 5.78. The van der Waals surface area contributed by atoms with Gasteiger partial charge in [-0.2, -0.15) is 0 Å². The molecular weight excluding hydrogens is 861 g/mol. The summed E-state index contributed by atoms with van der Waals surface area (Å²) in [5.74, 6) is 0. The van der Waals surface area contributed by atoms with Crippen LogP contribution in [0.2, 0.25) is 0 Å². The molecule has 1 atom stereocenters. The summed E-state index contributed by atoms with van der Waals surface area (Å²) in [6, 6.07) is 91.5. The fraction of sp³-hybridized carbons (Fsp3) is 0.0294. The Morgan fingerprint density at radius 2 is 0.986 bits per heavy atom. The molecule has 0 bridgehead atoms. The van der Waals surface area contributed by atoms with Crippen LogP contribution in [0.4, 0.5) is 17.1 Å². The summed E-state index contributed by atoms with van der Waals surface area (Å²) in [6.07, 6.45) is 0. The Hall–Kier alpha value is -9.18. The normalized spacial score (nSPS) is 14.3. The largest absolute Gasteiger partial charge is 0.456 e. The lowest BCUT2D eigenvalue weighted by molar-refractivity contribution is 0.669. The van der Waals surface area contributed by atoms with E-state index in [1.807, 2.05) is 6.07 Å². The van der Waals surface area contributed by atoms with Gasteiger partial charge in [0, 0.05) is 55.1 Å². The van der Waals surface area contributed by atoms with Gasteiger partial charge in [0.15, 0.2) is 0 Å². The van der Waals surface area contributed by atoms with Crippen molar-refractivity contribution in [3.05, 3.63) is 265 Å². The van der Waals surface area contributed by atoms with Gasteiger partial charge in [-0.1, -0.05) is 176 Å². The monoisotopic (exact) mass is 904 g/mol. The lowest BCUT2D eigenvalue weighted by Crippen LogP contribution is -2.22. The Labute approximate surface area is 411 Å². The lowest BCUT2D eigenvalue weighted by Gasteiger charge is -2.30. The predicted molar refractivity (Wildman–Crippen MR) is 295 cm³/mol. The summed E-state index contributed by atoms with van der Waals surface area (Å²) in [4.78, 5) is 2.44. The van der Waals surface area contributed by atoms with E-state index in [0.717, 1.165) is 66.8 Å². The number of hydrogen-bond donors (Lipinski definition) is 0. The van der Waals surface area contributed by atoms with E-state index in [1.54, 1.807) is 0 Å². The zero-order chi connectivity index (χ0) is 46.8. The molecule has 0 spiro atoms. The Morgan fingerprint density at radius 3 is 1.77 bits per heavy atom. The summed E-state index contributed by atoms with van der Waals surface area (Å²) in [6.45, 7) is 2.45. The van der Waals surface area contributed by atoms with Gasteiger partial charge in [-0.05, 0) is 141 Å². The van der Waals surface area contributed by atoms with Crippen LogP contribution in [0.1, 0.15) is 23.6 Å². The molecule has 71 heavy (non-hydrogen) atoms. The molecule has 1 unspecified atom stereocenters. The zero-order valence-electron chi connectivity index (χ0n) is 39.0. The van der Waals surface area contributed by atoms with Crippen molar-refractivity contribution in [3.8, 4) is 61.3 Å². The van der Waals surface area contributed by atoms with E-state index in [-0.39, 0.29) is 0 Å². The van der Waals surface area contributed by atoms with Gasteiger partial charge >= 0.3 is 0 Å². The van der Waals surface area contributed by atoms with Crippen LogP contribution in [0.5, 0.6) is 0 Å². The first-order valence-electron chi connectivity index (χ1n) is 24.6. The van der Waals surface area contributed by atoms with Gasteiger partial charge in [-0.25, -0.2) is 0 Å². The number of aromatic nitrogens is 1. The summed E-state index contributed by atoms with van der Waals surface area (Å²) in [5.41, 5.74) is 24.3. The maximum atomic E-state index is 6.43. The molecule has 0 fully saturated rings. The first kappa shape index (κ1) is 39.8. The number of hydrogen-bond acceptors (Lipinski definition) is 2. The van der Waals surface area contributed by atoms with Crippen LogP contribution in [0.3, 0.4) is 0 Å². The molecule has 0 saturated heterocycles. The average Bonchev–Trinajstić information content (AvgIpc) is 4.05. The number of furan rings is 1. The molecular formula is C68H44N2O. The molecule has 3 heterocycles. The molecule has 0 radical (unpaired) electrons. The van der Waals surface area contributed by atoms with Gasteiger partial charge in [0.25, 0.3) is 0 Å². The minimum Gasteiger partial charge on any atom is -0.456 e. The van der Waals surface area contributed by atoms with Crippen molar-refractivity contribution in [1.29, 1.82) is 0 Å². The zero-order valence-corrected chi connectivity index (χ0v) is 39.0. The first-order valence-corrected chi connectivity index (χ1v) is 24.6. The molecule has 3 heteroatoms. The molecule has 2 aliphatic rings. The maximum Gasteiger partial charge on any atom is 0.135 e. The molecule has 11 aromatic carbocycles. The van der Waals surface area contributed by atoms with Crippen LogP contribution in [0, 0.1) is 0 Å². The molecule has 3 nitrogen and oxygen atoms in total. The molecule has 13 aromatic rings. The van der Waals surface area contributed by atoms with Crippen molar-refractivity contribution in [2.45, 2.75) is 12.3 Å². The van der Waals surface area contributed by atoms with Crippen molar-refractivity contribution >= 4 is 60.8 Å². The summed E-state index contributed by atoms with van der Waals surface area (Å²) >= 11 is 0. The summed E-state index contributed by atoms with van der Waals surface area (Å²) in [7, 11) is 0. The van der Waals surface area contributed by atoms with Crippen LogP contribution < -0.4 is 4.90 Å². The van der Waals surface area contributed by atoms with Crippen molar-refractivity contribution in [3.63, 3.8) is 0 Å². The van der Waals surface area contributed by atoms with Gasteiger partial charge in [0.1, 0.15) is 11.2 Å². The summed E-state index contributed by atoms with van der Waals surface area (Å²) < 4.78 is 9.00. The Bertz CT molecular complexity index is 4240. The number of para-hydroxylation sites is 3. The minimum absolute atomic E-state index is 0.420. The van der Waals surface area contributed by atoms with Gasteiger partial charge in [-0.15, -0.1) is 0 Å². The van der Waals surface area contributed by atoms with Crippen LogP contribution in [-0.2, 0) is 5.41 Å². The third-order valence-corrected chi connectivity index (χ3v) is 15.5. The van der Waals surface area contributed by atoms with E-state index in [1.165, 1.54) is 72.0 Å². The Morgan fingerprint density at radius 1 is 0.380 bits per heavy atom. The number of rotatable bonds is 7. The Kier molecular flexibility index (Phi) is 8.49. The SMILES string of the molecule is CC1(c2ccccc2)c2cccc3c2-c2c1cc(-c1cccc(N(c4cc(-c5ccccc5)cc(-c5ccccc5)c4)c4ccc5oc6ccccc6c5c4)c1)c1c4ccccc4n(c21)-c1ccccc1-3. The van der Waals surface area contributed by atoms with Gasteiger partial charge in [0.05, 0.1) is 16.7 Å². The van der Waals surface area contributed by atoms with Crippen molar-refractivity contribution in [2.75, 3.05) is 4.90 Å². The van der Waals surface area contributed by atoms with Crippen LogP contribution in [-0.4, -0.2) is 4.57 Å². The van der Waals surface area contributed by atoms with E-state index in [9.17, 15) is 0 Å². The lowest BCUT2D eigenvalue weighted by atomic mass is 9.73. The van der Waals surface area contributed by atoms with Gasteiger partial charge < -0.3 is 13.9 Å². The second-order valence-electron chi connectivity index (χ2n) is 19.3. The quantitative estimate of drug-likeness (QED) is 0.159. The van der Waals surface area contributed by atoms with Gasteiger partial charge in [0.2, 0.25) is 0 Å². The molecule has 0 N–H and O–H groups in total. The second-order valence-corrected chi connectivity index (χ2v) is 19.3. The van der Waals surface area contributed by atoms with Crippen molar-refractivity contribution < 1.29 is 4.42 Å². The fourth-order valence-electron chi connectivity index (χ4n) is 12.3. The molecule has 1 aliphatic heterocycles. The van der Waals surface area contributed by atoms with E-state index in [2.05, 4.69) is 259 Å². The highest BCUT2D eigenvalue weighted by Gasteiger charge is 2.45. The standard InChI is InChI=1S/C68H44N2O/c1-68(48-24-9-4-10-25-48)58-31-18-30-54-52-27-11-14-32-60(52)70-61-33-15-12-29-55(61)64-56(42-59(68)66(65(54)58)67(64)70)45-23-17-26-49(38-45)69(50-35-36-63-57(41-50)53-28-13-16-34-62(53)71-63)51-39-46(43-19-5-2-6-20-43)37-47(40-51)44-21-7-3-8-22-44/h2-42H,1H3. The Balaban J connectivity index is 1.03. The number of nitrogens with zero attached hydrogens (tertiary/aromatic N) is 2. The molecule has 0 saturated carbocycles. The maximum absolute atomic E-state index is 6.43. The molecule has 2 aromatic heterocycles. The minimum atomic E-state index is -0.420. The van der Waals surface area contributed by atoms with Crippen LogP contribution in [0.15, 0.2) is 253 Å². The molecule has 0 amide bonds. The second kappa shape index (κ2) is 15.2. The van der Waals surface area contributed by atoms with Gasteiger partial charge in [-0.3, -0.25) is 0 Å². The van der Waals surface area contributed by atoms with E-state index in [4.69, 9.17) is 4.42 Å². The van der Waals surface area contributed by atoms with Crippen LogP contribution in [0.25, 0.3) is 105 Å². The van der Waals surface area contributed by atoms with Crippen molar-refractivity contribution in [2.24, 2.45) is 0 Å². The first-order chi connectivity index (χ1) is 35.1. The van der Waals surface area contributed by atoms with E-state index >= 15 is 0 Å². The van der Waals surface area contributed by atoms with Crippen molar-refractivity contribution in [1.82, 2.24) is 4.57 Å². The molecule has 15 rings (SSSR count). The molecule has 1 aliphatic carbocycles. The highest BCUT2D eigenvalue weighted by atomic mass is 16.3. The number of benzene rings is 11.